The van der Waals surface area contributed by atoms with Crippen LogP contribution in [0.5, 0.6) is 0 Å². The minimum atomic E-state index is -0.388. The molecule has 2 heterocycles. The van der Waals surface area contributed by atoms with E-state index in [0.717, 1.165) is 16.9 Å². The maximum atomic E-state index is 12.5. The van der Waals surface area contributed by atoms with E-state index in [0.29, 0.717) is 30.1 Å². The van der Waals surface area contributed by atoms with E-state index in [9.17, 15) is 14.4 Å². The first-order valence-corrected chi connectivity index (χ1v) is 7.88. The van der Waals surface area contributed by atoms with Crippen molar-refractivity contribution in [2.45, 2.75) is 26.3 Å². The summed E-state index contributed by atoms with van der Waals surface area (Å²) >= 11 is 0. The summed E-state index contributed by atoms with van der Waals surface area (Å²) in [6.45, 7) is 4.77. The predicted octanol–water partition coefficient (Wildman–Crippen LogP) is 0.787. The largest absolute Gasteiger partial charge is 0.338 e. The third-order valence-electron chi connectivity index (χ3n) is 4.73. The zero-order chi connectivity index (χ0) is 16.7. The molecule has 0 saturated carbocycles. The number of carbonyl (C=O) groups is 3. The molecule has 1 fully saturated rings. The summed E-state index contributed by atoms with van der Waals surface area (Å²) in [6.07, 6.45) is 0.865. The van der Waals surface area contributed by atoms with Gasteiger partial charge in [0.05, 0.1) is 11.1 Å². The first-order chi connectivity index (χ1) is 10.9. The fourth-order valence-electron chi connectivity index (χ4n) is 3.43. The van der Waals surface area contributed by atoms with Crippen LogP contribution in [-0.2, 0) is 4.79 Å². The maximum absolute atomic E-state index is 12.5. The fraction of sp³-hybridized carbons (Fsp3) is 0.471. The van der Waals surface area contributed by atoms with Gasteiger partial charge in [0.15, 0.2) is 0 Å². The van der Waals surface area contributed by atoms with Gasteiger partial charge in [-0.3, -0.25) is 19.3 Å². The van der Waals surface area contributed by atoms with Gasteiger partial charge in [0, 0.05) is 12.6 Å². The smallest absolute Gasteiger partial charge is 0.262 e. The number of aryl methyl sites for hydroxylation is 1. The van der Waals surface area contributed by atoms with Crippen LogP contribution in [0.3, 0.4) is 0 Å². The summed E-state index contributed by atoms with van der Waals surface area (Å²) in [5.74, 6) is -0.677. The Bertz CT molecular complexity index is 686. The number of nitrogens with zero attached hydrogens (tertiary/aromatic N) is 2. The van der Waals surface area contributed by atoms with Gasteiger partial charge in [-0.2, -0.15) is 0 Å². The molecule has 0 bridgehead atoms. The van der Waals surface area contributed by atoms with Crippen LogP contribution in [-0.4, -0.2) is 53.2 Å². The second-order valence-electron chi connectivity index (χ2n) is 6.48. The highest BCUT2D eigenvalue weighted by Crippen LogP contribution is 2.26. The molecule has 122 valence electrons. The number of nitrogens with two attached hydrogens (primary N) is 1. The van der Waals surface area contributed by atoms with Crippen LogP contribution in [0.25, 0.3) is 0 Å². The highest BCUT2D eigenvalue weighted by molar-refractivity contribution is 6.22. The molecule has 0 aliphatic carbocycles. The second-order valence-corrected chi connectivity index (χ2v) is 6.48. The summed E-state index contributed by atoms with van der Waals surface area (Å²) in [5, 5.41) is 0. The highest BCUT2D eigenvalue weighted by atomic mass is 16.2. The maximum Gasteiger partial charge on any atom is 0.262 e. The van der Waals surface area contributed by atoms with E-state index in [-0.39, 0.29) is 30.3 Å². The third-order valence-corrected chi connectivity index (χ3v) is 4.73. The zero-order valence-electron chi connectivity index (χ0n) is 13.4. The number of fused-ring (bicyclic) bond motifs is 1. The molecule has 2 aliphatic rings. The molecular formula is C17H21N3O3. The van der Waals surface area contributed by atoms with Crippen molar-refractivity contribution in [3.05, 3.63) is 34.9 Å². The molecule has 0 aromatic heterocycles. The number of likely N-dealkylation sites (tertiary alicyclic amines) is 1. The van der Waals surface area contributed by atoms with E-state index in [1.165, 1.54) is 0 Å². The zero-order valence-corrected chi connectivity index (χ0v) is 13.4. The van der Waals surface area contributed by atoms with Crippen LogP contribution in [0.1, 0.15) is 39.6 Å². The number of amides is 3. The van der Waals surface area contributed by atoms with Crippen LogP contribution in [0.2, 0.25) is 0 Å². The predicted molar refractivity (Wildman–Crippen MR) is 84.9 cm³/mol. The van der Waals surface area contributed by atoms with Gasteiger partial charge in [-0.25, -0.2) is 0 Å². The molecule has 2 unspecified atom stereocenters. The van der Waals surface area contributed by atoms with Gasteiger partial charge in [0.2, 0.25) is 5.91 Å². The molecule has 0 spiro atoms. The fourth-order valence-corrected chi connectivity index (χ4v) is 3.43. The van der Waals surface area contributed by atoms with E-state index in [4.69, 9.17) is 5.73 Å². The van der Waals surface area contributed by atoms with Crippen molar-refractivity contribution in [1.29, 1.82) is 0 Å². The van der Waals surface area contributed by atoms with Gasteiger partial charge in [-0.1, -0.05) is 11.6 Å². The first kappa shape index (κ1) is 15.7. The topological polar surface area (TPSA) is 83.7 Å². The van der Waals surface area contributed by atoms with Crippen LogP contribution >= 0.6 is 0 Å². The molecule has 3 amide bonds. The van der Waals surface area contributed by atoms with Gasteiger partial charge in [0.1, 0.15) is 6.54 Å². The lowest BCUT2D eigenvalue weighted by Crippen LogP contribution is -2.44. The van der Waals surface area contributed by atoms with E-state index in [2.05, 4.69) is 0 Å². The van der Waals surface area contributed by atoms with Crippen molar-refractivity contribution in [3.8, 4) is 0 Å². The van der Waals surface area contributed by atoms with E-state index >= 15 is 0 Å². The molecule has 0 radical (unpaired) electrons. The molecule has 2 atom stereocenters. The Morgan fingerprint density at radius 3 is 2.61 bits per heavy atom. The first-order valence-electron chi connectivity index (χ1n) is 7.88. The molecule has 6 heteroatoms. The summed E-state index contributed by atoms with van der Waals surface area (Å²) < 4.78 is 0. The van der Waals surface area contributed by atoms with Crippen molar-refractivity contribution in [3.63, 3.8) is 0 Å². The van der Waals surface area contributed by atoms with E-state index < -0.39 is 0 Å². The molecule has 1 aromatic carbocycles. The third kappa shape index (κ3) is 2.63. The van der Waals surface area contributed by atoms with Crippen molar-refractivity contribution < 1.29 is 14.4 Å². The van der Waals surface area contributed by atoms with Gasteiger partial charge in [-0.05, 0) is 44.9 Å². The number of imide groups is 1. The Morgan fingerprint density at radius 1 is 1.26 bits per heavy atom. The molecule has 3 rings (SSSR count). The Labute approximate surface area is 135 Å². The van der Waals surface area contributed by atoms with Crippen LogP contribution in [0.4, 0.5) is 0 Å². The number of benzene rings is 1. The minimum Gasteiger partial charge on any atom is -0.338 e. The molecule has 23 heavy (non-hydrogen) atoms. The minimum absolute atomic E-state index is 0.0912. The van der Waals surface area contributed by atoms with Crippen molar-refractivity contribution in [2.24, 2.45) is 11.7 Å². The van der Waals surface area contributed by atoms with Crippen LogP contribution in [0, 0.1) is 12.8 Å². The molecule has 2 aliphatic heterocycles. The number of rotatable bonds is 3. The van der Waals surface area contributed by atoms with Crippen LogP contribution < -0.4 is 5.73 Å². The molecule has 2 N–H and O–H groups in total. The summed E-state index contributed by atoms with van der Waals surface area (Å²) in [7, 11) is 0. The normalized spacial score (nSPS) is 23.6. The highest BCUT2D eigenvalue weighted by Gasteiger charge is 2.39. The Balaban J connectivity index is 1.75. The molecular weight excluding hydrogens is 294 g/mol. The number of carbonyl (C=O) groups excluding carboxylic acids is 3. The Kier molecular flexibility index (Phi) is 3.93. The Hall–Kier alpha value is -2.21. The lowest BCUT2D eigenvalue weighted by atomic mass is 10.1. The standard InChI is InChI=1S/C17H21N3O3/c1-10-3-4-13-14(5-10)17(23)20(16(13)22)9-15(21)19-8-12(7-18)6-11(19)2/h3-5,11-12H,6-9,18H2,1-2H3. The quantitative estimate of drug-likeness (QED) is 0.836. The van der Waals surface area contributed by atoms with E-state index in [1.807, 2.05) is 13.8 Å². The lowest BCUT2D eigenvalue weighted by molar-refractivity contribution is -0.132. The Morgan fingerprint density at radius 2 is 1.96 bits per heavy atom. The average molecular weight is 315 g/mol. The van der Waals surface area contributed by atoms with Crippen molar-refractivity contribution in [1.82, 2.24) is 9.80 Å². The van der Waals surface area contributed by atoms with E-state index in [1.54, 1.807) is 23.1 Å². The summed E-state index contributed by atoms with van der Waals surface area (Å²) in [4.78, 5) is 40.1. The molecule has 1 aromatic rings. The number of hydrogen-bond acceptors (Lipinski definition) is 4. The second kappa shape index (κ2) is 5.77. The van der Waals surface area contributed by atoms with Gasteiger partial charge < -0.3 is 10.6 Å². The number of hydrogen-bond donors (Lipinski definition) is 1. The lowest BCUT2D eigenvalue weighted by Gasteiger charge is -2.24. The van der Waals surface area contributed by atoms with Gasteiger partial charge >= 0.3 is 0 Å². The average Bonchev–Trinajstić information content (AvgIpc) is 3.01. The van der Waals surface area contributed by atoms with Gasteiger partial charge in [0.25, 0.3) is 11.8 Å². The molecule has 1 saturated heterocycles. The molecule has 6 nitrogen and oxygen atoms in total. The van der Waals surface area contributed by atoms with Gasteiger partial charge in [-0.15, -0.1) is 0 Å². The van der Waals surface area contributed by atoms with Crippen molar-refractivity contribution in [2.75, 3.05) is 19.6 Å². The van der Waals surface area contributed by atoms with Crippen molar-refractivity contribution >= 4 is 17.7 Å². The monoisotopic (exact) mass is 315 g/mol. The SMILES string of the molecule is Cc1ccc2c(c1)C(=O)N(CC(=O)N1CC(CN)CC1C)C2=O. The summed E-state index contributed by atoms with van der Waals surface area (Å²) in [5.41, 5.74) is 7.36. The summed E-state index contributed by atoms with van der Waals surface area (Å²) in [6, 6.07) is 5.24. The van der Waals surface area contributed by atoms with Crippen LogP contribution in [0.15, 0.2) is 18.2 Å².